The molecule has 0 aromatic heterocycles. The molecule has 3 aliphatic heterocycles. The second kappa shape index (κ2) is 18.6. The molecule has 12 heteroatoms. The molecule has 4 aliphatic rings. The molecule has 0 spiro atoms. The topological polar surface area (TPSA) is 138 Å². The van der Waals surface area contributed by atoms with E-state index in [1.165, 1.54) is 37.3 Å². The van der Waals surface area contributed by atoms with Crippen LogP contribution in [0.3, 0.4) is 0 Å². The number of nitrogens with one attached hydrogen (secondary N) is 2. The standard InChI is InChI=1S/C35H58F2N4O6/c1-3-5-25-7-8-32(39-18-25)40-11-9-24(10-12-40)6-4-13-47-27-14-29(36)28(30(37)15-27)16-33(44)41-20-26(21-41)17-38-19-31(43)35(46)34(45)23(2)22-42/h14,18,23-24,26,30-32,34-35,38-39,42-43,45-46H,3-13,15-17,19-22H2,1-2H3/t23?,30?,31-,32?,34+,35+/m0/s1. The Bertz CT molecular complexity index is 1090. The zero-order valence-corrected chi connectivity index (χ0v) is 28.3. The van der Waals surface area contributed by atoms with Crippen molar-refractivity contribution < 1.29 is 38.7 Å². The first-order valence-electron chi connectivity index (χ1n) is 17.8. The van der Waals surface area contributed by atoms with Crippen molar-refractivity contribution in [2.24, 2.45) is 17.8 Å². The minimum Gasteiger partial charge on any atom is -0.498 e. The van der Waals surface area contributed by atoms with Gasteiger partial charge in [-0.05, 0) is 57.1 Å². The molecule has 268 valence electrons. The summed E-state index contributed by atoms with van der Waals surface area (Å²) in [5.74, 6) is -0.583. The normalized spacial score (nSPS) is 25.7. The third kappa shape index (κ3) is 11.0. The minimum absolute atomic E-state index is 0.0366. The molecule has 0 aromatic rings. The predicted octanol–water partition coefficient (Wildman–Crippen LogP) is 2.89. The van der Waals surface area contributed by atoms with Crippen molar-refractivity contribution >= 4 is 5.91 Å². The summed E-state index contributed by atoms with van der Waals surface area (Å²) in [7, 11) is 0. The fourth-order valence-electron chi connectivity index (χ4n) is 7.07. The predicted molar refractivity (Wildman–Crippen MR) is 176 cm³/mol. The van der Waals surface area contributed by atoms with Crippen LogP contribution in [0.4, 0.5) is 8.78 Å². The maximum atomic E-state index is 15.0. The average Bonchev–Trinajstić information content (AvgIpc) is 3.05. The van der Waals surface area contributed by atoms with Gasteiger partial charge in [0.25, 0.3) is 0 Å². The van der Waals surface area contributed by atoms with E-state index in [0.717, 1.165) is 38.8 Å². The van der Waals surface area contributed by atoms with Gasteiger partial charge < -0.3 is 40.7 Å². The van der Waals surface area contributed by atoms with Gasteiger partial charge in [-0.2, -0.15) is 0 Å². The summed E-state index contributed by atoms with van der Waals surface area (Å²) in [5, 5.41) is 45.8. The Hall–Kier alpha value is -2.09. The van der Waals surface area contributed by atoms with Crippen LogP contribution in [0.5, 0.6) is 0 Å². The first-order chi connectivity index (χ1) is 22.6. The lowest BCUT2D eigenvalue weighted by Gasteiger charge is -2.40. The molecule has 2 saturated heterocycles. The van der Waals surface area contributed by atoms with E-state index >= 15 is 0 Å². The SMILES string of the molecule is CCCC1=CNC(N2CCC(CCCOC3=CC(F)=C(CC(=O)N4CC(CNC[C@H](O)[C@@H](O)[C@H](O)C(C)CO)C4)C(F)C3)CC2)CC1. The number of allylic oxidation sites excluding steroid dienone is 4. The minimum atomic E-state index is -1.60. The zero-order chi connectivity index (χ0) is 33.9. The summed E-state index contributed by atoms with van der Waals surface area (Å²) < 4.78 is 35.6. The van der Waals surface area contributed by atoms with Gasteiger partial charge in [-0.3, -0.25) is 9.69 Å². The number of aliphatic hydroxyl groups excluding tert-OH is 4. The number of alkyl halides is 1. The zero-order valence-electron chi connectivity index (χ0n) is 28.3. The number of rotatable bonds is 18. The van der Waals surface area contributed by atoms with Crippen molar-refractivity contribution in [3.05, 3.63) is 35.0 Å². The summed E-state index contributed by atoms with van der Waals surface area (Å²) in [4.78, 5) is 16.8. The van der Waals surface area contributed by atoms with Crippen LogP contribution >= 0.6 is 0 Å². The summed E-state index contributed by atoms with van der Waals surface area (Å²) in [6, 6.07) is 0. The summed E-state index contributed by atoms with van der Waals surface area (Å²) in [6.07, 6.45) is 7.00. The Balaban J connectivity index is 1.09. The molecule has 6 N–H and O–H groups in total. The lowest BCUT2D eigenvalue weighted by molar-refractivity contribution is -0.136. The van der Waals surface area contributed by atoms with Gasteiger partial charge in [0.1, 0.15) is 23.9 Å². The molecule has 0 saturated carbocycles. The number of ether oxygens (including phenoxy) is 1. The van der Waals surface area contributed by atoms with Crippen LogP contribution in [0.2, 0.25) is 0 Å². The molecular formula is C35H58F2N4O6. The van der Waals surface area contributed by atoms with E-state index in [4.69, 9.17) is 9.84 Å². The van der Waals surface area contributed by atoms with E-state index in [1.807, 2.05) is 0 Å². The van der Waals surface area contributed by atoms with Crippen molar-refractivity contribution in [2.75, 3.05) is 52.5 Å². The molecule has 1 aliphatic carbocycles. The Kier molecular flexibility index (Phi) is 14.9. The molecule has 4 rings (SSSR count). The summed E-state index contributed by atoms with van der Waals surface area (Å²) in [6.45, 7) is 7.46. The van der Waals surface area contributed by atoms with Gasteiger partial charge in [0.05, 0.1) is 31.4 Å². The molecule has 47 heavy (non-hydrogen) atoms. The van der Waals surface area contributed by atoms with Gasteiger partial charge in [0, 0.05) is 75.8 Å². The fourth-order valence-corrected chi connectivity index (χ4v) is 7.07. The van der Waals surface area contributed by atoms with Crippen molar-refractivity contribution in [3.8, 4) is 0 Å². The quantitative estimate of drug-likeness (QED) is 0.122. The molecule has 3 unspecified atom stereocenters. The van der Waals surface area contributed by atoms with Gasteiger partial charge in [-0.1, -0.05) is 25.8 Å². The van der Waals surface area contributed by atoms with Crippen LogP contribution in [0.15, 0.2) is 35.0 Å². The first-order valence-corrected chi connectivity index (χ1v) is 17.8. The number of nitrogens with zero attached hydrogens (tertiary/aromatic N) is 2. The van der Waals surface area contributed by atoms with Gasteiger partial charge in [0.15, 0.2) is 0 Å². The molecular weight excluding hydrogens is 610 g/mol. The molecule has 0 radical (unpaired) electrons. The van der Waals surface area contributed by atoms with E-state index in [2.05, 4.69) is 28.7 Å². The number of amides is 1. The number of likely N-dealkylation sites (tertiary alicyclic amines) is 2. The Labute approximate surface area is 278 Å². The fraction of sp³-hybridized carbons (Fsp3) is 0.800. The average molecular weight is 669 g/mol. The lowest BCUT2D eigenvalue weighted by Crippen LogP contribution is -2.54. The van der Waals surface area contributed by atoms with Crippen LogP contribution < -0.4 is 10.6 Å². The first kappa shape index (κ1) is 37.7. The van der Waals surface area contributed by atoms with Crippen molar-refractivity contribution in [3.63, 3.8) is 0 Å². The van der Waals surface area contributed by atoms with Crippen LogP contribution in [-0.2, 0) is 9.53 Å². The second-order valence-electron chi connectivity index (χ2n) is 14.1. The number of carbonyl (C=O) groups excluding carboxylic acids is 1. The van der Waals surface area contributed by atoms with Crippen LogP contribution in [0.1, 0.15) is 78.1 Å². The second-order valence-corrected chi connectivity index (χ2v) is 14.1. The van der Waals surface area contributed by atoms with Crippen molar-refractivity contribution in [1.82, 2.24) is 20.4 Å². The number of hydrogen-bond acceptors (Lipinski definition) is 9. The molecule has 6 atom stereocenters. The van der Waals surface area contributed by atoms with E-state index < -0.39 is 36.2 Å². The molecule has 10 nitrogen and oxygen atoms in total. The van der Waals surface area contributed by atoms with Gasteiger partial charge in [0.2, 0.25) is 5.91 Å². The van der Waals surface area contributed by atoms with Crippen molar-refractivity contribution in [2.45, 2.75) is 109 Å². The van der Waals surface area contributed by atoms with Gasteiger partial charge >= 0.3 is 0 Å². The third-order valence-corrected chi connectivity index (χ3v) is 10.3. The number of carbonyl (C=O) groups is 1. The largest absolute Gasteiger partial charge is 0.498 e. The number of aliphatic hydroxyl groups is 4. The van der Waals surface area contributed by atoms with E-state index in [-0.39, 0.29) is 43.4 Å². The van der Waals surface area contributed by atoms with Crippen LogP contribution in [-0.4, -0.2) is 119 Å². The Morgan fingerprint density at radius 1 is 1.15 bits per heavy atom. The smallest absolute Gasteiger partial charge is 0.226 e. The highest BCUT2D eigenvalue weighted by Gasteiger charge is 2.35. The van der Waals surface area contributed by atoms with E-state index in [0.29, 0.717) is 44.1 Å². The van der Waals surface area contributed by atoms with E-state index in [1.54, 1.807) is 11.8 Å². The summed E-state index contributed by atoms with van der Waals surface area (Å²) in [5.41, 5.74) is 1.40. The van der Waals surface area contributed by atoms with Crippen LogP contribution in [0.25, 0.3) is 0 Å². The maximum absolute atomic E-state index is 15.0. The molecule has 0 bridgehead atoms. The maximum Gasteiger partial charge on any atom is 0.226 e. The highest BCUT2D eigenvalue weighted by atomic mass is 19.1. The Morgan fingerprint density at radius 3 is 2.53 bits per heavy atom. The van der Waals surface area contributed by atoms with Gasteiger partial charge in [-0.25, -0.2) is 8.78 Å². The van der Waals surface area contributed by atoms with Crippen LogP contribution in [0, 0.1) is 17.8 Å². The summed E-state index contributed by atoms with van der Waals surface area (Å²) >= 11 is 0. The monoisotopic (exact) mass is 668 g/mol. The highest BCUT2D eigenvalue weighted by Crippen LogP contribution is 2.32. The lowest BCUT2D eigenvalue weighted by atomic mass is 9.91. The third-order valence-electron chi connectivity index (χ3n) is 10.3. The number of piperidine rings is 1. The van der Waals surface area contributed by atoms with E-state index in [9.17, 15) is 28.9 Å². The van der Waals surface area contributed by atoms with Gasteiger partial charge in [-0.15, -0.1) is 0 Å². The highest BCUT2D eigenvalue weighted by molar-refractivity contribution is 5.80. The molecule has 3 heterocycles. The number of hydrogen-bond donors (Lipinski definition) is 6. The Morgan fingerprint density at radius 2 is 1.89 bits per heavy atom. The molecule has 0 aromatic carbocycles. The molecule has 1 amide bonds. The van der Waals surface area contributed by atoms with Crippen molar-refractivity contribution in [1.29, 1.82) is 0 Å². The molecule has 2 fully saturated rings. The number of halogens is 2.